The van der Waals surface area contributed by atoms with Gasteiger partial charge in [-0.2, -0.15) is 5.26 Å². The van der Waals surface area contributed by atoms with Crippen molar-refractivity contribution in [1.29, 1.82) is 5.26 Å². The van der Waals surface area contributed by atoms with Crippen LogP contribution in [0.15, 0.2) is 18.2 Å². The monoisotopic (exact) mass is 425 g/mol. The topological polar surface area (TPSA) is 94.3 Å². The summed E-state index contributed by atoms with van der Waals surface area (Å²) >= 11 is 1.97. The number of ether oxygens (including phenoxy) is 3. The molecule has 2 rings (SSSR count). The van der Waals surface area contributed by atoms with Crippen molar-refractivity contribution < 1.29 is 19.0 Å². The molecular weight excluding hydrogens is 413 g/mol. The third kappa shape index (κ3) is 3.50. The van der Waals surface area contributed by atoms with Gasteiger partial charge in [0.05, 0.1) is 25.9 Å². The van der Waals surface area contributed by atoms with E-state index in [1.807, 2.05) is 28.7 Å². The summed E-state index contributed by atoms with van der Waals surface area (Å²) in [6.45, 7) is 1.73. The molecule has 1 aromatic heterocycles. The van der Waals surface area contributed by atoms with Crippen molar-refractivity contribution in [2.45, 2.75) is 6.92 Å². The zero-order valence-corrected chi connectivity index (χ0v) is 14.7. The van der Waals surface area contributed by atoms with Crippen molar-refractivity contribution in [3.8, 4) is 23.4 Å². The molecule has 0 aliphatic rings. The Balaban J connectivity index is 2.51. The molecule has 1 aromatic carbocycles. The minimum atomic E-state index is -0.571. The van der Waals surface area contributed by atoms with Crippen LogP contribution < -0.4 is 9.47 Å². The van der Waals surface area contributed by atoms with Crippen molar-refractivity contribution in [1.82, 2.24) is 10.2 Å². The van der Waals surface area contributed by atoms with Crippen molar-refractivity contribution >= 4 is 28.6 Å². The van der Waals surface area contributed by atoms with E-state index in [1.54, 1.807) is 19.1 Å². The molecule has 0 radical (unpaired) electrons. The molecule has 0 saturated carbocycles. The van der Waals surface area contributed by atoms with Crippen molar-refractivity contribution in [2.75, 3.05) is 14.2 Å². The van der Waals surface area contributed by atoms with Gasteiger partial charge in [0.1, 0.15) is 9.26 Å². The van der Waals surface area contributed by atoms with E-state index < -0.39 is 5.97 Å². The standard InChI is InChI=1S/C15H12IN3O4/c1-8-12(15(20)22-3)14(19-18-13(8)16)23-10-5-4-9(7-17)6-11(10)21-2/h4-6H,1-3H3. The quantitative estimate of drug-likeness (QED) is 0.549. The highest BCUT2D eigenvalue weighted by Crippen LogP contribution is 2.34. The maximum absolute atomic E-state index is 12.0. The molecule has 7 nitrogen and oxygen atoms in total. The third-order valence-corrected chi connectivity index (χ3v) is 4.04. The van der Waals surface area contributed by atoms with Crippen LogP contribution in [0.3, 0.4) is 0 Å². The molecule has 0 unspecified atom stereocenters. The summed E-state index contributed by atoms with van der Waals surface area (Å²) in [5, 5.41) is 16.8. The Bertz CT molecular complexity index is 802. The predicted octanol–water partition coefficient (Wildman–Crippen LogP) is 2.85. The Hall–Kier alpha value is -2.41. The fraction of sp³-hybridized carbons (Fsp3) is 0.200. The highest BCUT2D eigenvalue weighted by atomic mass is 127. The van der Waals surface area contributed by atoms with Gasteiger partial charge in [0.25, 0.3) is 5.88 Å². The molecule has 0 bridgehead atoms. The number of halogens is 1. The molecule has 118 valence electrons. The molecule has 0 N–H and O–H groups in total. The van der Waals surface area contributed by atoms with Crippen LogP contribution in [0.4, 0.5) is 0 Å². The molecule has 1 heterocycles. The lowest BCUT2D eigenvalue weighted by Crippen LogP contribution is -2.11. The van der Waals surface area contributed by atoms with E-state index in [9.17, 15) is 4.79 Å². The Labute approximate surface area is 146 Å². The van der Waals surface area contributed by atoms with E-state index in [1.165, 1.54) is 20.3 Å². The first-order valence-electron chi connectivity index (χ1n) is 6.38. The van der Waals surface area contributed by atoms with Gasteiger partial charge < -0.3 is 14.2 Å². The van der Waals surface area contributed by atoms with Gasteiger partial charge in [0.15, 0.2) is 11.5 Å². The SMILES string of the molecule is COC(=O)c1c(Oc2ccc(C#N)cc2OC)nnc(I)c1C. The van der Waals surface area contributed by atoms with E-state index in [-0.39, 0.29) is 11.4 Å². The van der Waals surface area contributed by atoms with Gasteiger partial charge in [0, 0.05) is 11.6 Å². The highest BCUT2D eigenvalue weighted by Gasteiger charge is 2.22. The number of hydrogen-bond acceptors (Lipinski definition) is 7. The van der Waals surface area contributed by atoms with E-state index in [0.717, 1.165) is 0 Å². The molecule has 0 saturated heterocycles. The number of esters is 1. The fourth-order valence-corrected chi connectivity index (χ4v) is 2.19. The van der Waals surface area contributed by atoms with Gasteiger partial charge in [0.2, 0.25) is 0 Å². The van der Waals surface area contributed by atoms with Gasteiger partial charge >= 0.3 is 5.97 Å². The molecule has 0 atom stereocenters. The van der Waals surface area contributed by atoms with E-state index in [4.69, 9.17) is 19.5 Å². The lowest BCUT2D eigenvalue weighted by molar-refractivity contribution is 0.0595. The average Bonchev–Trinajstić information content (AvgIpc) is 2.58. The molecule has 0 aliphatic carbocycles. The van der Waals surface area contributed by atoms with E-state index in [0.29, 0.717) is 26.3 Å². The maximum atomic E-state index is 12.0. The second kappa shape index (κ2) is 7.23. The summed E-state index contributed by atoms with van der Waals surface area (Å²) in [7, 11) is 2.73. The summed E-state index contributed by atoms with van der Waals surface area (Å²) in [4.78, 5) is 12.0. The van der Waals surface area contributed by atoms with Gasteiger partial charge in [-0.1, -0.05) is 0 Å². The second-order valence-electron chi connectivity index (χ2n) is 4.37. The predicted molar refractivity (Wildman–Crippen MR) is 88.6 cm³/mol. The fourth-order valence-electron chi connectivity index (χ4n) is 1.82. The van der Waals surface area contributed by atoms with Gasteiger partial charge in [-0.25, -0.2) is 4.79 Å². The van der Waals surface area contributed by atoms with Gasteiger partial charge in [-0.3, -0.25) is 0 Å². The summed E-state index contributed by atoms with van der Waals surface area (Å²) in [5.74, 6) is 0.0973. The molecule has 0 fully saturated rings. The summed E-state index contributed by atoms with van der Waals surface area (Å²) in [5.41, 5.74) is 1.22. The molecule has 2 aromatic rings. The van der Waals surface area contributed by atoms with Crippen molar-refractivity contribution in [2.24, 2.45) is 0 Å². The van der Waals surface area contributed by atoms with Crippen LogP contribution in [0.1, 0.15) is 21.5 Å². The normalized spacial score (nSPS) is 9.87. The minimum Gasteiger partial charge on any atom is -0.493 e. The van der Waals surface area contributed by atoms with Crippen LogP contribution in [0.25, 0.3) is 0 Å². The van der Waals surface area contributed by atoms with Crippen LogP contribution >= 0.6 is 22.6 Å². The summed E-state index contributed by atoms with van der Waals surface area (Å²) < 4.78 is 16.2. The Kier molecular flexibility index (Phi) is 5.33. The summed E-state index contributed by atoms with van der Waals surface area (Å²) in [6, 6.07) is 6.67. The number of carbonyl (C=O) groups excluding carboxylic acids is 1. The van der Waals surface area contributed by atoms with Crippen LogP contribution in [0, 0.1) is 22.0 Å². The average molecular weight is 425 g/mol. The first kappa shape index (κ1) is 17.0. The molecule has 8 heteroatoms. The number of hydrogen-bond donors (Lipinski definition) is 0. The number of aromatic nitrogens is 2. The number of nitrogens with zero attached hydrogens (tertiary/aromatic N) is 3. The van der Waals surface area contributed by atoms with Gasteiger partial charge in [-0.15, -0.1) is 10.2 Å². The Morgan fingerprint density at radius 2 is 2.00 bits per heavy atom. The van der Waals surface area contributed by atoms with Gasteiger partial charge in [-0.05, 0) is 41.6 Å². The van der Waals surface area contributed by atoms with Crippen LogP contribution in [0.2, 0.25) is 0 Å². The van der Waals surface area contributed by atoms with E-state index >= 15 is 0 Å². The molecule has 23 heavy (non-hydrogen) atoms. The first-order chi connectivity index (χ1) is 11.0. The molecule has 0 spiro atoms. The summed E-state index contributed by atoms with van der Waals surface area (Å²) in [6.07, 6.45) is 0. The van der Waals surface area contributed by atoms with Crippen molar-refractivity contribution in [3.05, 3.63) is 38.6 Å². The number of benzene rings is 1. The number of nitriles is 1. The number of carbonyl (C=O) groups is 1. The smallest absolute Gasteiger partial charge is 0.343 e. The maximum Gasteiger partial charge on any atom is 0.343 e. The number of methoxy groups -OCH3 is 2. The highest BCUT2D eigenvalue weighted by molar-refractivity contribution is 14.1. The van der Waals surface area contributed by atoms with Crippen LogP contribution in [-0.4, -0.2) is 30.4 Å². The zero-order valence-electron chi connectivity index (χ0n) is 12.6. The van der Waals surface area contributed by atoms with Crippen LogP contribution in [-0.2, 0) is 4.74 Å². The molecular formula is C15H12IN3O4. The lowest BCUT2D eigenvalue weighted by Gasteiger charge is -2.13. The molecule has 0 aliphatic heterocycles. The van der Waals surface area contributed by atoms with Crippen molar-refractivity contribution in [3.63, 3.8) is 0 Å². The minimum absolute atomic E-state index is 0.0118. The Morgan fingerprint density at radius 3 is 2.61 bits per heavy atom. The second-order valence-corrected chi connectivity index (χ2v) is 5.39. The first-order valence-corrected chi connectivity index (χ1v) is 7.46. The van der Waals surface area contributed by atoms with E-state index in [2.05, 4.69) is 10.2 Å². The lowest BCUT2D eigenvalue weighted by atomic mass is 10.2. The number of rotatable bonds is 4. The molecule has 0 amide bonds. The largest absolute Gasteiger partial charge is 0.493 e. The third-order valence-electron chi connectivity index (χ3n) is 3.02. The Morgan fingerprint density at radius 1 is 1.26 bits per heavy atom. The zero-order chi connectivity index (χ0) is 17.0. The van der Waals surface area contributed by atoms with Crippen LogP contribution in [0.5, 0.6) is 17.4 Å².